The number of hydrogen-bond donors (Lipinski definition) is 2. The highest BCUT2D eigenvalue weighted by Gasteiger charge is 2.20. The van der Waals surface area contributed by atoms with Gasteiger partial charge in [0.25, 0.3) is 0 Å². The largest absolute Gasteiger partial charge is 0.355 e. The number of nitrogens with one attached hydrogen (secondary N) is 2. The van der Waals surface area contributed by atoms with E-state index >= 15 is 0 Å². The lowest BCUT2D eigenvalue weighted by molar-refractivity contribution is -0.122. The van der Waals surface area contributed by atoms with E-state index in [1.165, 1.54) is 19.3 Å². The molecule has 1 aliphatic heterocycles. The summed E-state index contributed by atoms with van der Waals surface area (Å²) in [6.07, 6.45) is 5.86. The molecule has 1 saturated heterocycles. The maximum Gasteiger partial charge on any atom is 0.234 e. The van der Waals surface area contributed by atoms with Crippen LogP contribution in [-0.2, 0) is 4.79 Å². The number of rotatable bonds is 9. The molecule has 112 valence electrons. The molecule has 0 aromatic carbocycles. The molecule has 0 unspecified atom stereocenters. The summed E-state index contributed by atoms with van der Waals surface area (Å²) < 4.78 is 0. The summed E-state index contributed by atoms with van der Waals surface area (Å²) in [4.78, 5) is 14.0. The molecule has 1 amide bonds. The van der Waals surface area contributed by atoms with Crippen LogP contribution < -0.4 is 10.6 Å². The number of carbonyl (C=O) groups excluding carboxylic acids is 1. The van der Waals surface area contributed by atoms with Crippen LogP contribution in [0.15, 0.2) is 0 Å². The van der Waals surface area contributed by atoms with Crippen LogP contribution in [0.5, 0.6) is 0 Å². The lowest BCUT2D eigenvalue weighted by Crippen LogP contribution is -2.43. The molecule has 1 fully saturated rings. The molecule has 0 radical (unpaired) electrons. The second-order valence-corrected chi connectivity index (χ2v) is 5.63. The fraction of sp³-hybridized carbons (Fsp3) is 0.933. The van der Waals surface area contributed by atoms with Crippen molar-refractivity contribution in [3.8, 4) is 0 Å². The Hall–Kier alpha value is -0.610. The van der Waals surface area contributed by atoms with Crippen LogP contribution in [0.1, 0.15) is 46.0 Å². The summed E-state index contributed by atoms with van der Waals surface area (Å²) >= 11 is 0. The summed E-state index contributed by atoms with van der Waals surface area (Å²) in [5, 5.41) is 6.49. The molecule has 1 aliphatic rings. The van der Waals surface area contributed by atoms with E-state index in [1.807, 2.05) is 0 Å². The zero-order valence-electron chi connectivity index (χ0n) is 12.7. The number of amides is 1. The Morgan fingerprint density at radius 3 is 2.53 bits per heavy atom. The topological polar surface area (TPSA) is 44.4 Å². The summed E-state index contributed by atoms with van der Waals surface area (Å²) in [7, 11) is 0. The predicted molar refractivity (Wildman–Crippen MR) is 80.2 cm³/mol. The Bertz CT molecular complexity index is 238. The van der Waals surface area contributed by atoms with Crippen molar-refractivity contribution < 1.29 is 4.79 Å². The molecular formula is C15H31N3O. The van der Waals surface area contributed by atoms with Crippen LogP contribution >= 0.6 is 0 Å². The Morgan fingerprint density at radius 2 is 1.89 bits per heavy atom. The fourth-order valence-corrected chi connectivity index (χ4v) is 2.50. The number of unbranched alkanes of at least 4 members (excludes halogenated alkanes) is 1. The highest BCUT2D eigenvalue weighted by molar-refractivity contribution is 5.77. The third kappa shape index (κ3) is 7.53. The number of carbonyl (C=O) groups is 1. The average Bonchev–Trinajstić information content (AvgIpc) is 2.41. The minimum Gasteiger partial charge on any atom is -0.355 e. The molecule has 19 heavy (non-hydrogen) atoms. The quantitative estimate of drug-likeness (QED) is 0.625. The van der Waals surface area contributed by atoms with Crippen LogP contribution in [0.2, 0.25) is 0 Å². The van der Waals surface area contributed by atoms with Gasteiger partial charge in [-0.2, -0.15) is 0 Å². The normalized spacial score (nSPS) is 17.6. The van der Waals surface area contributed by atoms with Gasteiger partial charge in [-0.05, 0) is 57.8 Å². The maximum absolute atomic E-state index is 11.7. The van der Waals surface area contributed by atoms with Gasteiger partial charge in [-0.15, -0.1) is 0 Å². The van der Waals surface area contributed by atoms with Crippen molar-refractivity contribution in [3.63, 3.8) is 0 Å². The molecule has 1 rings (SSSR count). The third-order valence-corrected chi connectivity index (χ3v) is 3.79. The fourth-order valence-electron chi connectivity index (χ4n) is 2.50. The van der Waals surface area contributed by atoms with E-state index in [-0.39, 0.29) is 5.91 Å². The molecule has 4 heteroatoms. The van der Waals surface area contributed by atoms with Gasteiger partial charge in [-0.25, -0.2) is 0 Å². The molecule has 0 bridgehead atoms. The van der Waals surface area contributed by atoms with E-state index < -0.39 is 0 Å². The number of nitrogens with zero attached hydrogens (tertiary/aromatic N) is 1. The van der Waals surface area contributed by atoms with E-state index in [9.17, 15) is 4.79 Å². The van der Waals surface area contributed by atoms with Crippen molar-refractivity contribution in [2.75, 3.05) is 39.3 Å². The molecular weight excluding hydrogens is 238 g/mol. The van der Waals surface area contributed by atoms with Gasteiger partial charge in [-0.3, -0.25) is 9.69 Å². The van der Waals surface area contributed by atoms with Crippen LogP contribution in [0.4, 0.5) is 0 Å². The second kappa shape index (κ2) is 10.2. The van der Waals surface area contributed by atoms with Crippen molar-refractivity contribution in [1.82, 2.24) is 15.5 Å². The minimum absolute atomic E-state index is 0.191. The number of piperidine rings is 1. The number of hydrogen-bond acceptors (Lipinski definition) is 3. The first kappa shape index (κ1) is 16.4. The highest BCUT2D eigenvalue weighted by atomic mass is 16.2. The molecule has 0 aromatic rings. The lowest BCUT2D eigenvalue weighted by atomic mass is 9.97. The molecule has 0 aliphatic carbocycles. The summed E-state index contributed by atoms with van der Waals surface area (Å²) in [5.41, 5.74) is 0. The monoisotopic (exact) mass is 269 g/mol. The van der Waals surface area contributed by atoms with Gasteiger partial charge in [0.1, 0.15) is 0 Å². The van der Waals surface area contributed by atoms with Crippen LogP contribution in [0, 0.1) is 5.92 Å². The van der Waals surface area contributed by atoms with Gasteiger partial charge in [0.05, 0.1) is 6.54 Å². The van der Waals surface area contributed by atoms with Crippen LogP contribution in [-0.4, -0.2) is 50.1 Å². The standard InChI is InChI=1S/C15H31N3O/c1-3-5-9-17-15(19)13-18-10-6-14(7-11-18)12-16-8-4-2/h14,16H,3-13H2,1-2H3,(H,17,19). The Balaban J connectivity index is 2.07. The van der Waals surface area contributed by atoms with E-state index in [0.717, 1.165) is 51.5 Å². The molecule has 2 N–H and O–H groups in total. The molecule has 1 heterocycles. The van der Waals surface area contributed by atoms with Crippen molar-refractivity contribution in [3.05, 3.63) is 0 Å². The summed E-state index contributed by atoms with van der Waals surface area (Å²) in [6.45, 7) is 10.2. The zero-order chi connectivity index (χ0) is 13.9. The van der Waals surface area contributed by atoms with E-state index in [4.69, 9.17) is 0 Å². The van der Waals surface area contributed by atoms with Crippen molar-refractivity contribution in [1.29, 1.82) is 0 Å². The van der Waals surface area contributed by atoms with E-state index in [0.29, 0.717) is 6.54 Å². The predicted octanol–water partition coefficient (Wildman–Crippen LogP) is 1.61. The van der Waals surface area contributed by atoms with Gasteiger partial charge in [0.2, 0.25) is 5.91 Å². The molecule has 4 nitrogen and oxygen atoms in total. The van der Waals surface area contributed by atoms with E-state index in [1.54, 1.807) is 0 Å². The molecule has 0 atom stereocenters. The van der Waals surface area contributed by atoms with Crippen molar-refractivity contribution >= 4 is 5.91 Å². The zero-order valence-corrected chi connectivity index (χ0v) is 12.7. The average molecular weight is 269 g/mol. The first-order chi connectivity index (χ1) is 9.26. The number of likely N-dealkylation sites (tertiary alicyclic amines) is 1. The molecule has 0 aromatic heterocycles. The third-order valence-electron chi connectivity index (χ3n) is 3.79. The van der Waals surface area contributed by atoms with Gasteiger partial charge in [0, 0.05) is 6.54 Å². The summed E-state index contributed by atoms with van der Waals surface area (Å²) in [5.74, 6) is 0.988. The lowest BCUT2D eigenvalue weighted by Gasteiger charge is -2.31. The molecule has 0 spiro atoms. The SMILES string of the molecule is CCCCNC(=O)CN1CCC(CNCCC)CC1. The molecule has 0 saturated carbocycles. The Kier molecular flexibility index (Phi) is 8.84. The summed E-state index contributed by atoms with van der Waals surface area (Å²) in [6, 6.07) is 0. The van der Waals surface area contributed by atoms with E-state index in [2.05, 4.69) is 29.4 Å². The smallest absolute Gasteiger partial charge is 0.234 e. The van der Waals surface area contributed by atoms with Gasteiger partial charge in [-0.1, -0.05) is 20.3 Å². The highest BCUT2D eigenvalue weighted by Crippen LogP contribution is 2.15. The van der Waals surface area contributed by atoms with Crippen molar-refractivity contribution in [2.45, 2.75) is 46.0 Å². The first-order valence-corrected chi connectivity index (χ1v) is 7.96. The van der Waals surface area contributed by atoms with Gasteiger partial charge < -0.3 is 10.6 Å². The van der Waals surface area contributed by atoms with Crippen molar-refractivity contribution in [2.24, 2.45) is 5.92 Å². The van der Waals surface area contributed by atoms with Gasteiger partial charge >= 0.3 is 0 Å². The maximum atomic E-state index is 11.7. The minimum atomic E-state index is 0.191. The Labute approximate surface area is 118 Å². The first-order valence-electron chi connectivity index (χ1n) is 7.96. The Morgan fingerprint density at radius 1 is 1.16 bits per heavy atom. The van der Waals surface area contributed by atoms with Crippen LogP contribution in [0.25, 0.3) is 0 Å². The van der Waals surface area contributed by atoms with Crippen LogP contribution in [0.3, 0.4) is 0 Å². The second-order valence-electron chi connectivity index (χ2n) is 5.63. The van der Waals surface area contributed by atoms with Gasteiger partial charge in [0.15, 0.2) is 0 Å².